The van der Waals surface area contributed by atoms with Gasteiger partial charge in [0.25, 0.3) is 0 Å². The van der Waals surface area contributed by atoms with Crippen LogP contribution >= 0.6 is 0 Å². The van der Waals surface area contributed by atoms with Crippen molar-refractivity contribution >= 4 is 5.82 Å². The Hall–Kier alpha value is -2.27. The molecule has 0 amide bonds. The van der Waals surface area contributed by atoms with E-state index in [9.17, 15) is 0 Å². The van der Waals surface area contributed by atoms with Crippen molar-refractivity contribution < 1.29 is 9.47 Å². The quantitative estimate of drug-likeness (QED) is 0.793. The second-order valence-electron chi connectivity index (χ2n) is 6.41. The molecule has 0 aliphatic carbocycles. The molecule has 2 aromatic rings. The summed E-state index contributed by atoms with van der Waals surface area (Å²) in [5, 5.41) is 0. The molecule has 0 spiro atoms. The van der Waals surface area contributed by atoms with Gasteiger partial charge in [-0.3, -0.25) is 0 Å². The number of aromatic nitrogens is 1. The van der Waals surface area contributed by atoms with Crippen molar-refractivity contribution in [3.63, 3.8) is 0 Å². The van der Waals surface area contributed by atoms with Gasteiger partial charge in [-0.15, -0.1) is 0 Å². The largest absolute Gasteiger partial charge is 0.493 e. The lowest BCUT2D eigenvalue weighted by atomic mass is 9.94. The van der Waals surface area contributed by atoms with Crippen molar-refractivity contribution in [2.45, 2.75) is 32.8 Å². The SMILES string of the molecule is CC(CN)CCCOc1ccc2c(c1)OC(C)c1c-2ccnc1N. The molecule has 0 radical (unpaired) electrons. The molecule has 0 fully saturated rings. The van der Waals surface area contributed by atoms with E-state index in [-0.39, 0.29) is 6.10 Å². The van der Waals surface area contributed by atoms with Gasteiger partial charge in [-0.2, -0.15) is 0 Å². The number of anilines is 1. The second-order valence-corrected chi connectivity index (χ2v) is 6.41. The first-order valence-corrected chi connectivity index (χ1v) is 8.48. The number of ether oxygens (including phenoxy) is 2. The van der Waals surface area contributed by atoms with Crippen LogP contribution in [-0.4, -0.2) is 18.1 Å². The highest BCUT2D eigenvalue weighted by Gasteiger charge is 2.25. The lowest BCUT2D eigenvalue weighted by Crippen LogP contribution is -2.14. The van der Waals surface area contributed by atoms with Crippen molar-refractivity contribution in [2.75, 3.05) is 18.9 Å². The van der Waals surface area contributed by atoms with Crippen LogP contribution in [0.15, 0.2) is 30.5 Å². The van der Waals surface area contributed by atoms with Crippen LogP contribution in [0.2, 0.25) is 0 Å². The van der Waals surface area contributed by atoms with Gasteiger partial charge < -0.3 is 20.9 Å². The maximum absolute atomic E-state index is 6.03. The summed E-state index contributed by atoms with van der Waals surface area (Å²) in [5.74, 6) is 2.72. The number of nitrogen functional groups attached to an aromatic ring is 1. The first kappa shape index (κ1) is 16.6. The van der Waals surface area contributed by atoms with Crippen LogP contribution in [0, 0.1) is 5.92 Å². The van der Waals surface area contributed by atoms with Crippen LogP contribution in [0.3, 0.4) is 0 Å². The maximum atomic E-state index is 6.03. The third-order valence-electron chi connectivity index (χ3n) is 4.49. The molecular weight excluding hydrogens is 302 g/mol. The van der Waals surface area contributed by atoms with Gasteiger partial charge >= 0.3 is 0 Å². The Balaban J connectivity index is 1.74. The average Bonchev–Trinajstić information content (AvgIpc) is 2.58. The van der Waals surface area contributed by atoms with Crippen LogP contribution in [0.25, 0.3) is 11.1 Å². The number of nitrogens with two attached hydrogens (primary N) is 2. The molecule has 1 aliphatic heterocycles. The normalized spacial score (nSPS) is 16.7. The highest BCUT2D eigenvalue weighted by molar-refractivity contribution is 5.79. The molecule has 1 aliphatic rings. The standard InChI is InChI=1S/C19H25N3O2/c1-12(11-20)4-3-9-23-14-5-6-15-16-7-8-22-19(21)18(16)13(2)24-17(15)10-14/h5-8,10,12-13H,3-4,9,11,20H2,1-2H3,(H2,21,22). The van der Waals surface area contributed by atoms with E-state index in [1.807, 2.05) is 31.2 Å². The molecule has 0 saturated carbocycles. The number of fused-ring (bicyclic) bond motifs is 3. The van der Waals surface area contributed by atoms with Crippen molar-refractivity contribution in [3.05, 3.63) is 36.0 Å². The van der Waals surface area contributed by atoms with Crippen molar-refractivity contribution in [1.82, 2.24) is 4.98 Å². The van der Waals surface area contributed by atoms with Crippen molar-refractivity contribution in [1.29, 1.82) is 0 Å². The molecule has 0 saturated heterocycles. The van der Waals surface area contributed by atoms with Crippen molar-refractivity contribution in [2.24, 2.45) is 11.7 Å². The third-order valence-corrected chi connectivity index (χ3v) is 4.49. The Bertz CT molecular complexity index is 718. The topological polar surface area (TPSA) is 83.4 Å². The van der Waals surface area contributed by atoms with Crippen LogP contribution in [0.1, 0.15) is 38.4 Å². The van der Waals surface area contributed by atoms with E-state index in [2.05, 4.69) is 11.9 Å². The van der Waals surface area contributed by atoms with Gasteiger partial charge in [-0.25, -0.2) is 4.98 Å². The number of pyridine rings is 1. The fourth-order valence-corrected chi connectivity index (χ4v) is 3.05. The predicted molar refractivity (Wildman–Crippen MR) is 96.1 cm³/mol. The number of hydrogen-bond acceptors (Lipinski definition) is 5. The van der Waals surface area contributed by atoms with Gasteiger partial charge in [-0.05, 0) is 56.0 Å². The van der Waals surface area contributed by atoms with Gasteiger partial charge in [0.2, 0.25) is 0 Å². The van der Waals surface area contributed by atoms with Crippen molar-refractivity contribution in [3.8, 4) is 22.6 Å². The maximum Gasteiger partial charge on any atom is 0.131 e. The number of hydrogen-bond donors (Lipinski definition) is 2. The zero-order chi connectivity index (χ0) is 17.1. The van der Waals surface area contributed by atoms with E-state index < -0.39 is 0 Å². The molecular formula is C19H25N3O2. The summed E-state index contributed by atoms with van der Waals surface area (Å²) in [6.45, 7) is 5.56. The molecule has 1 aromatic carbocycles. The minimum Gasteiger partial charge on any atom is -0.493 e. The molecule has 128 valence electrons. The van der Waals surface area contributed by atoms with E-state index in [1.54, 1.807) is 6.20 Å². The Morgan fingerprint density at radius 1 is 1.29 bits per heavy atom. The lowest BCUT2D eigenvalue weighted by Gasteiger charge is -2.27. The van der Waals surface area contributed by atoms with Crippen LogP contribution in [0.5, 0.6) is 11.5 Å². The summed E-state index contributed by atoms with van der Waals surface area (Å²) in [4.78, 5) is 4.17. The number of rotatable bonds is 6. The molecule has 0 bridgehead atoms. The smallest absolute Gasteiger partial charge is 0.131 e. The molecule has 4 N–H and O–H groups in total. The van der Waals surface area contributed by atoms with Gasteiger partial charge in [0.1, 0.15) is 23.4 Å². The van der Waals surface area contributed by atoms with E-state index in [1.165, 1.54) is 0 Å². The van der Waals surface area contributed by atoms with Gasteiger partial charge in [-0.1, -0.05) is 6.92 Å². The first-order valence-electron chi connectivity index (χ1n) is 8.48. The first-order chi connectivity index (χ1) is 11.6. The Kier molecular flexibility index (Phi) is 4.90. The summed E-state index contributed by atoms with van der Waals surface area (Å²) in [6, 6.07) is 7.94. The minimum atomic E-state index is -0.123. The van der Waals surface area contributed by atoms with E-state index in [0.717, 1.165) is 47.6 Å². The lowest BCUT2D eigenvalue weighted by molar-refractivity contribution is 0.221. The Morgan fingerprint density at radius 3 is 2.92 bits per heavy atom. The Morgan fingerprint density at radius 2 is 2.12 bits per heavy atom. The second kappa shape index (κ2) is 7.09. The van der Waals surface area contributed by atoms with E-state index >= 15 is 0 Å². The van der Waals surface area contributed by atoms with Gasteiger partial charge in [0.05, 0.1) is 6.61 Å². The van der Waals surface area contributed by atoms with E-state index in [0.29, 0.717) is 18.3 Å². The highest BCUT2D eigenvalue weighted by Crippen LogP contribution is 2.45. The molecule has 1 aromatic heterocycles. The summed E-state index contributed by atoms with van der Waals surface area (Å²) in [7, 11) is 0. The molecule has 3 rings (SSSR count). The fraction of sp³-hybridized carbons (Fsp3) is 0.421. The van der Waals surface area contributed by atoms with E-state index in [4.69, 9.17) is 20.9 Å². The molecule has 2 unspecified atom stereocenters. The molecule has 5 heteroatoms. The molecule has 5 nitrogen and oxygen atoms in total. The van der Waals surface area contributed by atoms with Gasteiger partial charge in [0, 0.05) is 23.4 Å². The van der Waals surface area contributed by atoms with Crippen LogP contribution < -0.4 is 20.9 Å². The van der Waals surface area contributed by atoms with Crippen LogP contribution in [-0.2, 0) is 0 Å². The number of nitrogens with zero attached hydrogens (tertiary/aromatic N) is 1. The van der Waals surface area contributed by atoms with Crippen LogP contribution in [0.4, 0.5) is 5.82 Å². The highest BCUT2D eigenvalue weighted by atomic mass is 16.5. The summed E-state index contributed by atoms with van der Waals surface area (Å²) >= 11 is 0. The fourth-order valence-electron chi connectivity index (χ4n) is 3.05. The Labute approximate surface area is 143 Å². The molecule has 2 heterocycles. The number of benzene rings is 1. The summed E-state index contributed by atoms with van der Waals surface area (Å²) in [5.41, 5.74) is 14.7. The van der Waals surface area contributed by atoms with Gasteiger partial charge in [0.15, 0.2) is 0 Å². The molecule has 2 atom stereocenters. The zero-order valence-corrected chi connectivity index (χ0v) is 14.3. The third kappa shape index (κ3) is 3.31. The minimum absolute atomic E-state index is 0.123. The summed E-state index contributed by atoms with van der Waals surface area (Å²) in [6.07, 6.45) is 3.69. The molecule has 24 heavy (non-hydrogen) atoms. The monoisotopic (exact) mass is 327 g/mol. The summed E-state index contributed by atoms with van der Waals surface area (Å²) < 4.78 is 11.9. The predicted octanol–water partition coefficient (Wildman–Crippen LogP) is 3.54. The average molecular weight is 327 g/mol. The zero-order valence-electron chi connectivity index (χ0n) is 14.3.